The molecule has 0 atom stereocenters. The molecule has 0 unspecified atom stereocenters. The summed E-state index contributed by atoms with van der Waals surface area (Å²) < 4.78 is 15.0. The van der Waals surface area contributed by atoms with Crippen molar-refractivity contribution >= 4 is 16.3 Å². The lowest BCUT2D eigenvalue weighted by Gasteiger charge is -1.96. The Hall–Kier alpha value is -2.60. The quantitative estimate of drug-likeness (QED) is 0.567. The summed E-state index contributed by atoms with van der Waals surface area (Å²) in [5.74, 6) is 0.409. The molecule has 2 aromatic heterocycles. The van der Waals surface area contributed by atoms with E-state index in [1.165, 1.54) is 23.5 Å². The van der Waals surface area contributed by atoms with Crippen molar-refractivity contribution in [1.29, 1.82) is 0 Å². The fourth-order valence-corrected chi connectivity index (χ4v) is 2.96. The molecular weight excluding hydrogens is 287 g/mol. The Balaban J connectivity index is 1.87. The third-order valence-electron chi connectivity index (χ3n) is 3.09. The van der Waals surface area contributed by atoms with E-state index in [-0.39, 0.29) is 5.82 Å². The van der Waals surface area contributed by atoms with Gasteiger partial charge in [0.15, 0.2) is 5.82 Å². The Morgan fingerprint density at radius 1 is 0.905 bits per heavy atom. The summed E-state index contributed by atoms with van der Waals surface area (Å²) in [6, 6.07) is 16.1. The largest absolute Gasteiger partial charge is 0.235 e. The van der Waals surface area contributed by atoms with E-state index in [9.17, 15) is 4.39 Å². The second-order valence-corrected chi connectivity index (χ2v) is 5.46. The molecular formula is C15H9FN4S. The fraction of sp³-hybridized carbons (Fsp3) is 0. The summed E-state index contributed by atoms with van der Waals surface area (Å²) in [7, 11) is 0. The van der Waals surface area contributed by atoms with Gasteiger partial charge in [-0.2, -0.15) is 9.61 Å². The second kappa shape index (κ2) is 4.75. The summed E-state index contributed by atoms with van der Waals surface area (Å²) >= 11 is 1.39. The number of halogens is 1. The molecule has 0 radical (unpaired) electrons. The van der Waals surface area contributed by atoms with Crippen LogP contribution in [0.15, 0.2) is 54.6 Å². The molecule has 0 fully saturated rings. The Bertz CT molecular complexity index is 914. The molecule has 0 N–H and O–H groups in total. The van der Waals surface area contributed by atoms with Crippen molar-refractivity contribution in [2.75, 3.05) is 0 Å². The van der Waals surface area contributed by atoms with Crippen LogP contribution in [-0.2, 0) is 0 Å². The highest BCUT2D eigenvalue weighted by atomic mass is 32.1. The smallest absolute Gasteiger partial charge is 0.207 e. The fourth-order valence-electron chi connectivity index (χ4n) is 2.12. The molecule has 4 nitrogen and oxygen atoms in total. The second-order valence-electron chi connectivity index (χ2n) is 4.50. The van der Waals surface area contributed by atoms with Gasteiger partial charge in [0.2, 0.25) is 4.96 Å². The molecule has 102 valence electrons. The van der Waals surface area contributed by atoms with E-state index in [2.05, 4.69) is 15.3 Å². The minimum absolute atomic E-state index is 0.276. The summed E-state index contributed by atoms with van der Waals surface area (Å²) in [5, 5.41) is 13.5. The molecule has 6 heteroatoms. The van der Waals surface area contributed by atoms with Crippen molar-refractivity contribution < 1.29 is 4.39 Å². The Kier molecular flexibility index (Phi) is 2.75. The Morgan fingerprint density at radius 2 is 1.71 bits per heavy atom. The van der Waals surface area contributed by atoms with Crippen LogP contribution in [0, 0.1) is 5.82 Å². The van der Waals surface area contributed by atoms with Crippen LogP contribution in [0.4, 0.5) is 4.39 Å². The Morgan fingerprint density at radius 3 is 2.52 bits per heavy atom. The minimum atomic E-state index is -0.276. The van der Waals surface area contributed by atoms with Gasteiger partial charge in [-0.1, -0.05) is 53.8 Å². The average Bonchev–Trinajstić information content (AvgIpc) is 3.08. The van der Waals surface area contributed by atoms with Crippen molar-refractivity contribution in [2.24, 2.45) is 0 Å². The number of benzene rings is 2. The van der Waals surface area contributed by atoms with E-state index in [1.807, 2.05) is 36.4 Å². The van der Waals surface area contributed by atoms with Gasteiger partial charge < -0.3 is 0 Å². The van der Waals surface area contributed by atoms with Crippen molar-refractivity contribution in [3.05, 3.63) is 60.4 Å². The molecule has 0 amide bonds. The molecule has 4 aromatic rings. The minimum Gasteiger partial charge on any atom is -0.207 e. The first-order chi connectivity index (χ1) is 10.3. The number of rotatable bonds is 2. The van der Waals surface area contributed by atoms with Gasteiger partial charge in [0.1, 0.15) is 10.8 Å². The first-order valence-electron chi connectivity index (χ1n) is 6.35. The van der Waals surface area contributed by atoms with Gasteiger partial charge in [-0.15, -0.1) is 10.2 Å². The standard InChI is InChI=1S/C15H9FN4S/c16-12-8-4-7-11(9-12)14-19-20-13(17-18-15(20)21-14)10-5-2-1-3-6-10/h1-9H. The van der Waals surface area contributed by atoms with Gasteiger partial charge in [-0.05, 0) is 12.1 Å². The van der Waals surface area contributed by atoms with Crippen molar-refractivity contribution in [1.82, 2.24) is 19.8 Å². The zero-order valence-electron chi connectivity index (χ0n) is 10.8. The molecule has 0 aliphatic rings. The topological polar surface area (TPSA) is 43.1 Å². The summed E-state index contributed by atoms with van der Waals surface area (Å²) in [5.41, 5.74) is 1.69. The highest BCUT2D eigenvalue weighted by Crippen LogP contribution is 2.28. The molecule has 0 saturated heterocycles. The zero-order valence-corrected chi connectivity index (χ0v) is 11.6. The number of hydrogen-bond acceptors (Lipinski definition) is 4. The van der Waals surface area contributed by atoms with Crippen LogP contribution in [-0.4, -0.2) is 19.8 Å². The zero-order chi connectivity index (χ0) is 14.2. The Labute approximate surface area is 123 Å². The molecule has 0 bridgehead atoms. The molecule has 4 rings (SSSR count). The lowest BCUT2D eigenvalue weighted by molar-refractivity contribution is 0.628. The molecule has 0 saturated carbocycles. The van der Waals surface area contributed by atoms with Gasteiger partial charge in [0.05, 0.1) is 0 Å². The average molecular weight is 296 g/mol. The van der Waals surface area contributed by atoms with E-state index < -0.39 is 0 Å². The van der Waals surface area contributed by atoms with Crippen LogP contribution >= 0.6 is 11.3 Å². The van der Waals surface area contributed by atoms with Gasteiger partial charge in [-0.3, -0.25) is 0 Å². The van der Waals surface area contributed by atoms with Crippen molar-refractivity contribution in [2.45, 2.75) is 0 Å². The molecule has 2 aromatic carbocycles. The van der Waals surface area contributed by atoms with Gasteiger partial charge in [0.25, 0.3) is 0 Å². The van der Waals surface area contributed by atoms with Crippen LogP contribution < -0.4 is 0 Å². The number of hydrogen-bond donors (Lipinski definition) is 0. The van der Waals surface area contributed by atoms with E-state index in [4.69, 9.17) is 0 Å². The maximum absolute atomic E-state index is 13.3. The van der Waals surface area contributed by atoms with Gasteiger partial charge >= 0.3 is 0 Å². The third kappa shape index (κ3) is 2.09. The van der Waals surface area contributed by atoms with Crippen molar-refractivity contribution in [3.63, 3.8) is 0 Å². The highest BCUT2D eigenvalue weighted by Gasteiger charge is 2.14. The molecule has 0 spiro atoms. The van der Waals surface area contributed by atoms with Crippen LogP contribution in [0.25, 0.3) is 26.9 Å². The normalized spacial score (nSPS) is 11.1. The monoisotopic (exact) mass is 296 g/mol. The van der Waals surface area contributed by atoms with Crippen LogP contribution in [0.2, 0.25) is 0 Å². The molecule has 0 aliphatic heterocycles. The summed E-state index contributed by atoms with van der Waals surface area (Å²) in [4.78, 5) is 0.688. The van der Waals surface area contributed by atoms with Gasteiger partial charge in [0, 0.05) is 11.1 Å². The summed E-state index contributed by atoms with van der Waals surface area (Å²) in [6.45, 7) is 0. The number of nitrogens with zero attached hydrogens (tertiary/aromatic N) is 4. The highest BCUT2D eigenvalue weighted by molar-refractivity contribution is 7.19. The van der Waals surface area contributed by atoms with Crippen LogP contribution in [0.5, 0.6) is 0 Å². The lowest BCUT2D eigenvalue weighted by atomic mass is 10.2. The van der Waals surface area contributed by atoms with E-state index >= 15 is 0 Å². The van der Waals surface area contributed by atoms with E-state index in [0.717, 1.165) is 16.1 Å². The SMILES string of the molecule is Fc1cccc(-c2nn3c(-c4ccccc4)nnc3s2)c1. The first kappa shape index (κ1) is 12.2. The predicted molar refractivity (Wildman–Crippen MR) is 79.5 cm³/mol. The molecule has 0 aliphatic carbocycles. The van der Waals surface area contributed by atoms with Crippen LogP contribution in [0.1, 0.15) is 0 Å². The van der Waals surface area contributed by atoms with Crippen LogP contribution in [0.3, 0.4) is 0 Å². The molecule has 2 heterocycles. The lowest BCUT2D eigenvalue weighted by Crippen LogP contribution is -1.90. The summed E-state index contributed by atoms with van der Waals surface area (Å²) in [6.07, 6.45) is 0. The maximum atomic E-state index is 13.3. The van der Waals surface area contributed by atoms with Gasteiger partial charge in [-0.25, -0.2) is 4.39 Å². The third-order valence-corrected chi connectivity index (χ3v) is 4.04. The van der Waals surface area contributed by atoms with Crippen molar-refractivity contribution in [3.8, 4) is 22.0 Å². The number of fused-ring (bicyclic) bond motifs is 1. The number of aromatic nitrogens is 4. The van der Waals surface area contributed by atoms with E-state index in [0.29, 0.717) is 10.8 Å². The molecule has 21 heavy (non-hydrogen) atoms. The van der Waals surface area contributed by atoms with E-state index in [1.54, 1.807) is 10.6 Å². The predicted octanol–water partition coefficient (Wildman–Crippen LogP) is 3.66. The first-order valence-corrected chi connectivity index (χ1v) is 7.16. The maximum Gasteiger partial charge on any atom is 0.235 e.